The molecule has 2 N–H and O–H groups in total. The molecule has 0 saturated heterocycles. The Bertz CT molecular complexity index is 686. The minimum atomic E-state index is -0.352. The molecule has 1 aromatic heterocycles. The summed E-state index contributed by atoms with van der Waals surface area (Å²) in [6.45, 7) is 0.0640. The number of hydrogen-bond acceptors (Lipinski definition) is 5. The maximum Gasteiger partial charge on any atom is 0.186 e. The molecule has 21 heavy (non-hydrogen) atoms. The van der Waals surface area contributed by atoms with Gasteiger partial charge in [0.05, 0.1) is 23.3 Å². The zero-order valence-electron chi connectivity index (χ0n) is 11.8. The molecule has 0 radical (unpaired) electrons. The van der Waals surface area contributed by atoms with Crippen LogP contribution in [0.3, 0.4) is 0 Å². The molecular weight excluding hydrogens is 264 g/mol. The normalized spacial score (nSPS) is 17.3. The van der Waals surface area contributed by atoms with Crippen LogP contribution >= 0.6 is 0 Å². The minimum Gasteiger partial charge on any atom is -0.394 e. The summed E-state index contributed by atoms with van der Waals surface area (Å²) in [5.74, 6) is 0. The fourth-order valence-corrected chi connectivity index (χ4v) is 3.07. The van der Waals surface area contributed by atoms with E-state index in [-0.39, 0.29) is 17.8 Å². The van der Waals surface area contributed by atoms with Gasteiger partial charge < -0.3 is 10.4 Å². The molecular formula is C16H18N4O. The van der Waals surface area contributed by atoms with Gasteiger partial charge in [0.2, 0.25) is 0 Å². The lowest BCUT2D eigenvalue weighted by Gasteiger charge is -2.37. The van der Waals surface area contributed by atoms with Crippen LogP contribution in [-0.2, 0) is 0 Å². The number of aromatic nitrogens is 2. The highest BCUT2D eigenvalue weighted by Crippen LogP contribution is 2.34. The van der Waals surface area contributed by atoms with E-state index in [0.717, 1.165) is 36.6 Å². The first kappa shape index (κ1) is 13.8. The molecule has 0 spiro atoms. The van der Waals surface area contributed by atoms with Crippen LogP contribution in [0.2, 0.25) is 0 Å². The summed E-state index contributed by atoms with van der Waals surface area (Å²) in [7, 11) is 0. The van der Waals surface area contributed by atoms with Crippen molar-refractivity contribution < 1.29 is 5.11 Å². The van der Waals surface area contributed by atoms with Gasteiger partial charge in [-0.1, -0.05) is 37.5 Å². The lowest BCUT2D eigenvalue weighted by Crippen LogP contribution is -2.44. The molecule has 0 amide bonds. The van der Waals surface area contributed by atoms with E-state index in [1.165, 1.54) is 6.42 Å². The van der Waals surface area contributed by atoms with E-state index in [9.17, 15) is 10.4 Å². The molecule has 0 unspecified atom stereocenters. The molecule has 0 atom stereocenters. The van der Waals surface area contributed by atoms with Crippen molar-refractivity contribution in [3.63, 3.8) is 0 Å². The molecule has 2 aromatic rings. The van der Waals surface area contributed by atoms with E-state index in [1.807, 2.05) is 24.3 Å². The molecule has 5 heteroatoms. The first-order chi connectivity index (χ1) is 10.3. The van der Waals surface area contributed by atoms with E-state index < -0.39 is 0 Å². The second-order valence-corrected chi connectivity index (χ2v) is 5.68. The van der Waals surface area contributed by atoms with Gasteiger partial charge in [0.1, 0.15) is 6.07 Å². The van der Waals surface area contributed by atoms with Crippen molar-refractivity contribution in [2.75, 3.05) is 11.9 Å². The van der Waals surface area contributed by atoms with Crippen LogP contribution in [0.25, 0.3) is 10.9 Å². The topological polar surface area (TPSA) is 81.8 Å². The number of nitrogens with zero attached hydrogens (tertiary/aromatic N) is 3. The van der Waals surface area contributed by atoms with Crippen LogP contribution in [0.5, 0.6) is 0 Å². The molecule has 3 rings (SSSR count). The number of aliphatic hydroxyl groups is 1. The summed E-state index contributed by atoms with van der Waals surface area (Å²) in [6, 6.07) is 9.73. The Morgan fingerprint density at radius 1 is 1.19 bits per heavy atom. The van der Waals surface area contributed by atoms with Crippen molar-refractivity contribution in [3.8, 4) is 6.07 Å². The first-order valence-corrected chi connectivity index (χ1v) is 7.33. The van der Waals surface area contributed by atoms with E-state index >= 15 is 0 Å². The summed E-state index contributed by atoms with van der Waals surface area (Å²) >= 11 is 0. The van der Waals surface area contributed by atoms with Gasteiger partial charge in [-0.2, -0.15) is 5.26 Å². The van der Waals surface area contributed by atoms with Crippen LogP contribution in [0.15, 0.2) is 24.3 Å². The zero-order chi connectivity index (χ0) is 14.7. The van der Waals surface area contributed by atoms with Crippen molar-refractivity contribution in [3.05, 3.63) is 30.0 Å². The third kappa shape index (κ3) is 2.55. The third-order valence-corrected chi connectivity index (χ3v) is 4.28. The number of fused-ring (bicyclic) bond motifs is 1. The lowest BCUT2D eigenvalue weighted by atomic mass is 9.82. The van der Waals surface area contributed by atoms with E-state index in [1.54, 1.807) is 0 Å². The average molecular weight is 282 g/mol. The smallest absolute Gasteiger partial charge is 0.186 e. The summed E-state index contributed by atoms with van der Waals surface area (Å²) < 4.78 is 0. The van der Waals surface area contributed by atoms with E-state index in [4.69, 9.17) is 0 Å². The van der Waals surface area contributed by atoms with Crippen molar-refractivity contribution in [1.82, 2.24) is 10.2 Å². The zero-order valence-corrected chi connectivity index (χ0v) is 11.8. The lowest BCUT2D eigenvalue weighted by molar-refractivity contribution is 0.173. The number of nitriles is 1. The maximum atomic E-state index is 9.86. The first-order valence-electron chi connectivity index (χ1n) is 7.33. The van der Waals surface area contributed by atoms with Gasteiger partial charge in [-0.15, -0.1) is 10.2 Å². The number of anilines is 1. The van der Waals surface area contributed by atoms with Crippen molar-refractivity contribution in [2.45, 2.75) is 37.6 Å². The number of aliphatic hydroxyl groups excluding tert-OH is 1. The van der Waals surface area contributed by atoms with Crippen LogP contribution in [-0.4, -0.2) is 27.4 Å². The van der Waals surface area contributed by atoms with Gasteiger partial charge in [-0.25, -0.2) is 0 Å². The Morgan fingerprint density at radius 3 is 2.67 bits per heavy atom. The van der Waals surface area contributed by atoms with Gasteiger partial charge in [-0.05, 0) is 18.9 Å². The number of nitrogens with one attached hydrogen (secondary N) is 1. The van der Waals surface area contributed by atoms with Gasteiger partial charge in [0.25, 0.3) is 0 Å². The van der Waals surface area contributed by atoms with Crippen LogP contribution in [0.1, 0.15) is 37.8 Å². The van der Waals surface area contributed by atoms with Crippen LogP contribution in [0.4, 0.5) is 5.69 Å². The molecule has 0 aliphatic heterocycles. The van der Waals surface area contributed by atoms with Crippen molar-refractivity contribution >= 4 is 16.6 Å². The fourth-order valence-electron chi connectivity index (χ4n) is 3.07. The van der Waals surface area contributed by atoms with Gasteiger partial charge >= 0.3 is 0 Å². The van der Waals surface area contributed by atoms with Gasteiger partial charge in [-0.3, -0.25) is 0 Å². The summed E-state index contributed by atoms with van der Waals surface area (Å²) in [6.07, 6.45) is 5.19. The summed E-state index contributed by atoms with van der Waals surface area (Å²) in [5.41, 5.74) is 1.38. The quantitative estimate of drug-likeness (QED) is 0.904. The Balaban J connectivity index is 2.08. The predicted octanol–water partition coefficient (Wildman–Crippen LogP) is 2.61. The van der Waals surface area contributed by atoms with E-state index in [2.05, 4.69) is 21.6 Å². The molecule has 1 fully saturated rings. The molecule has 0 bridgehead atoms. The highest BCUT2D eigenvalue weighted by atomic mass is 16.3. The van der Waals surface area contributed by atoms with E-state index in [0.29, 0.717) is 5.69 Å². The molecule has 5 nitrogen and oxygen atoms in total. The Kier molecular flexibility index (Phi) is 3.72. The Labute approximate surface area is 123 Å². The predicted molar refractivity (Wildman–Crippen MR) is 80.8 cm³/mol. The highest BCUT2D eigenvalue weighted by Gasteiger charge is 2.32. The fraction of sp³-hybridized carbons (Fsp3) is 0.438. The average Bonchev–Trinajstić information content (AvgIpc) is 2.56. The minimum absolute atomic E-state index is 0.0640. The second kappa shape index (κ2) is 5.66. The maximum absolute atomic E-state index is 9.86. The largest absolute Gasteiger partial charge is 0.394 e. The van der Waals surface area contributed by atoms with Crippen molar-refractivity contribution in [1.29, 1.82) is 5.26 Å². The third-order valence-electron chi connectivity index (χ3n) is 4.28. The monoisotopic (exact) mass is 282 g/mol. The Morgan fingerprint density at radius 2 is 1.95 bits per heavy atom. The molecule has 1 heterocycles. The Hall–Kier alpha value is -2.19. The molecule has 1 saturated carbocycles. The number of benzene rings is 1. The van der Waals surface area contributed by atoms with Crippen LogP contribution in [0, 0.1) is 11.3 Å². The standard InChI is InChI=1S/C16H18N4O/c17-10-14-15(12-6-2-3-7-13(12)19-20-14)18-16(11-21)8-4-1-5-9-16/h2-3,6-7,21H,1,4-5,8-9,11H2,(H,18,19). The van der Waals surface area contributed by atoms with Crippen LogP contribution < -0.4 is 5.32 Å². The molecule has 1 aliphatic carbocycles. The van der Waals surface area contributed by atoms with Crippen molar-refractivity contribution in [2.24, 2.45) is 0 Å². The highest BCUT2D eigenvalue weighted by molar-refractivity contribution is 5.93. The second-order valence-electron chi connectivity index (χ2n) is 5.68. The number of rotatable bonds is 3. The SMILES string of the molecule is N#Cc1nnc2ccccc2c1NC1(CO)CCCCC1. The number of hydrogen-bond donors (Lipinski definition) is 2. The van der Waals surface area contributed by atoms with Gasteiger partial charge in [0.15, 0.2) is 5.69 Å². The summed E-state index contributed by atoms with van der Waals surface area (Å²) in [5, 5.41) is 31.6. The molecule has 1 aromatic carbocycles. The van der Waals surface area contributed by atoms with Gasteiger partial charge in [0, 0.05) is 5.39 Å². The molecule has 1 aliphatic rings. The summed E-state index contributed by atoms with van der Waals surface area (Å²) in [4.78, 5) is 0. The molecule has 108 valence electrons.